The van der Waals surface area contributed by atoms with Gasteiger partial charge in [-0.05, 0) is 105 Å². The maximum absolute atomic E-state index is 3.46. The molecule has 3 aliphatic rings. The molecule has 1 N–H and O–H groups in total. The highest BCUT2D eigenvalue weighted by Gasteiger charge is 2.28. The van der Waals surface area contributed by atoms with Crippen LogP contribution in [0, 0.1) is 17.8 Å². The topological polar surface area (TPSA) is 12.0 Å². The Morgan fingerprint density at radius 3 is 2.16 bits per heavy atom. The van der Waals surface area contributed by atoms with Crippen molar-refractivity contribution >= 4 is 5.57 Å². The highest BCUT2D eigenvalue weighted by atomic mass is 14.9. The van der Waals surface area contributed by atoms with Gasteiger partial charge in [0.1, 0.15) is 0 Å². The van der Waals surface area contributed by atoms with E-state index in [0.717, 1.165) is 29.7 Å². The minimum atomic E-state index is 0.743. The third kappa shape index (κ3) is 6.25. The van der Waals surface area contributed by atoms with Gasteiger partial charge in [0.15, 0.2) is 0 Å². The fraction of sp³-hybridized carbons (Fsp3) is 0.733. The minimum absolute atomic E-state index is 0.743. The smallest absolute Gasteiger partial charge is 0.00644 e. The van der Waals surface area contributed by atoms with E-state index in [2.05, 4.69) is 49.6 Å². The summed E-state index contributed by atoms with van der Waals surface area (Å²) in [6, 6.07) is 10.5. The van der Waals surface area contributed by atoms with Crippen molar-refractivity contribution in [3.05, 3.63) is 41.5 Å². The van der Waals surface area contributed by atoms with Gasteiger partial charge in [0, 0.05) is 6.04 Å². The van der Waals surface area contributed by atoms with E-state index in [1.54, 1.807) is 11.1 Å². The van der Waals surface area contributed by atoms with Gasteiger partial charge in [-0.2, -0.15) is 0 Å². The van der Waals surface area contributed by atoms with Gasteiger partial charge in [-0.25, -0.2) is 0 Å². The molecule has 0 aliphatic heterocycles. The molecule has 0 radical (unpaired) electrons. The lowest BCUT2D eigenvalue weighted by Gasteiger charge is -2.35. The normalized spacial score (nSPS) is 31.9. The Morgan fingerprint density at radius 1 is 0.806 bits per heavy atom. The summed E-state index contributed by atoms with van der Waals surface area (Å²) in [4.78, 5) is 0. The lowest BCUT2D eigenvalue weighted by molar-refractivity contribution is 0.187. The second kappa shape index (κ2) is 11.7. The highest BCUT2D eigenvalue weighted by Crippen LogP contribution is 2.42. The molecule has 0 spiro atoms. The van der Waals surface area contributed by atoms with E-state index < -0.39 is 0 Å². The maximum Gasteiger partial charge on any atom is 0.00644 e. The molecule has 4 rings (SSSR count). The molecule has 1 atom stereocenters. The van der Waals surface area contributed by atoms with Gasteiger partial charge < -0.3 is 5.32 Å². The van der Waals surface area contributed by atoms with Crippen LogP contribution >= 0.6 is 0 Å². The van der Waals surface area contributed by atoms with E-state index in [0.29, 0.717) is 0 Å². The number of hydrogen-bond acceptors (Lipinski definition) is 1. The summed E-state index contributed by atoms with van der Waals surface area (Å²) in [5.74, 6) is 3.79. The maximum atomic E-state index is 3.46. The van der Waals surface area contributed by atoms with E-state index in [9.17, 15) is 0 Å². The fourth-order valence-electron chi connectivity index (χ4n) is 6.86. The van der Waals surface area contributed by atoms with Gasteiger partial charge in [-0.15, -0.1) is 0 Å². The van der Waals surface area contributed by atoms with Crippen molar-refractivity contribution in [3.8, 4) is 0 Å². The van der Waals surface area contributed by atoms with E-state index in [-0.39, 0.29) is 0 Å². The number of unbranched alkanes of at least 4 members (excludes halogenated alkanes) is 2. The van der Waals surface area contributed by atoms with Gasteiger partial charge in [0.2, 0.25) is 0 Å². The minimum Gasteiger partial charge on any atom is -0.317 e. The van der Waals surface area contributed by atoms with Crippen LogP contribution in [0.1, 0.15) is 120 Å². The first-order valence-corrected chi connectivity index (χ1v) is 13.7. The second-order valence-corrected chi connectivity index (χ2v) is 11.0. The Balaban J connectivity index is 1.24. The van der Waals surface area contributed by atoms with Crippen LogP contribution in [0.3, 0.4) is 0 Å². The highest BCUT2D eigenvalue weighted by molar-refractivity contribution is 5.66. The average molecular weight is 422 g/mol. The van der Waals surface area contributed by atoms with Crippen LogP contribution in [0.25, 0.3) is 5.57 Å². The summed E-state index contributed by atoms with van der Waals surface area (Å²) in [7, 11) is 2.11. The number of rotatable bonds is 8. The first kappa shape index (κ1) is 23.1. The number of nitrogens with one attached hydrogen (secondary N) is 1. The molecule has 1 nitrogen and oxygen atoms in total. The molecule has 1 aromatic carbocycles. The monoisotopic (exact) mass is 421 g/mol. The van der Waals surface area contributed by atoms with Crippen LogP contribution in [0.2, 0.25) is 0 Å². The van der Waals surface area contributed by atoms with E-state index in [1.165, 1.54) is 102 Å². The lowest BCUT2D eigenvalue weighted by atomic mass is 9.70. The van der Waals surface area contributed by atoms with E-state index >= 15 is 0 Å². The van der Waals surface area contributed by atoms with Crippen LogP contribution in [0.5, 0.6) is 0 Å². The predicted octanol–water partition coefficient (Wildman–Crippen LogP) is 8.50. The van der Waals surface area contributed by atoms with Gasteiger partial charge in [-0.3, -0.25) is 0 Å². The lowest BCUT2D eigenvalue weighted by Crippen LogP contribution is -2.29. The first-order valence-electron chi connectivity index (χ1n) is 13.7. The summed E-state index contributed by atoms with van der Waals surface area (Å²) < 4.78 is 0. The van der Waals surface area contributed by atoms with Gasteiger partial charge in [0.05, 0.1) is 0 Å². The molecule has 0 aromatic heterocycles. The number of allylic oxidation sites excluding steroid dienone is 2. The zero-order valence-corrected chi connectivity index (χ0v) is 20.4. The molecular formula is C30H47N. The molecule has 1 unspecified atom stereocenters. The summed E-state index contributed by atoms with van der Waals surface area (Å²) in [6.07, 6.45) is 23.8. The molecule has 0 bridgehead atoms. The van der Waals surface area contributed by atoms with Crippen molar-refractivity contribution in [2.45, 2.75) is 115 Å². The molecule has 1 heteroatoms. The summed E-state index contributed by atoms with van der Waals surface area (Å²) in [6.45, 7) is 2.33. The van der Waals surface area contributed by atoms with Crippen LogP contribution in [0.4, 0.5) is 0 Å². The summed E-state index contributed by atoms with van der Waals surface area (Å²) in [5.41, 5.74) is 4.68. The van der Waals surface area contributed by atoms with Crippen molar-refractivity contribution in [2.75, 3.05) is 7.05 Å². The summed E-state index contributed by atoms with van der Waals surface area (Å²) in [5, 5.41) is 3.46. The molecular weight excluding hydrogens is 374 g/mol. The fourth-order valence-corrected chi connectivity index (χ4v) is 6.86. The molecule has 172 valence electrons. The first-order chi connectivity index (χ1) is 15.3. The van der Waals surface area contributed by atoms with Crippen molar-refractivity contribution < 1.29 is 0 Å². The van der Waals surface area contributed by atoms with Crippen molar-refractivity contribution in [2.24, 2.45) is 17.8 Å². The third-order valence-electron chi connectivity index (χ3n) is 9.11. The van der Waals surface area contributed by atoms with Crippen LogP contribution in [-0.4, -0.2) is 13.1 Å². The zero-order chi connectivity index (χ0) is 21.5. The average Bonchev–Trinajstić information content (AvgIpc) is 2.85. The molecule has 2 saturated carbocycles. The van der Waals surface area contributed by atoms with Crippen molar-refractivity contribution in [1.29, 1.82) is 0 Å². The Bertz CT molecular complexity index is 671. The molecule has 3 aliphatic carbocycles. The SMILES string of the molecule is CCCCCC1CCC(C2CC=C(c3ccc(C4CCC(NC)CC4)cc3)CC2)CC1. The summed E-state index contributed by atoms with van der Waals surface area (Å²) >= 11 is 0. The molecule has 0 heterocycles. The van der Waals surface area contributed by atoms with Crippen LogP contribution < -0.4 is 5.32 Å². The van der Waals surface area contributed by atoms with E-state index in [4.69, 9.17) is 0 Å². The quantitative estimate of drug-likeness (QED) is 0.415. The molecule has 0 saturated heterocycles. The number of benzene rings is 1. The molecule has 1 aromatic rings. The van der Waals surface area contributed by atoms with Gasteiger partial charge >= 0.3 is 0 Å². The van der Waals surface area contributed by atoms with Crippen molar-refractivity contribution in [1.82, 2.24) is 5.32 Å². The largest absolute Gasteiger partial charge is 0.317 e. The van der Waals surface area contributed by atoms with Crippen LogP contribution in [-0.2, 0) is 0 Å². The zero-order valence-electron chi connectivity index (χ0n) is 20.4. The Labute approximate surface area is 192 Å². The van der Waals surface area contributed by atoms with Crippen molar-refractivity contribution in [3.63, 3.8) is 0 Å². The number of hydrogen-bond donors (Lipinski definition) is 1. The predicted molar refractivity (Wildman–Crippen MR) is 135 cm³/mol. The Morgan fingerprint density at radius 2 is 1.55 bits per heavy atom. The molecule has 0 amide bonds. The van der Waals surface area contributed by atoms with Gasteiger partial charge in [0.25, 0.3) is 0 Å². The standard InChI is InChI=1S/C30H47N/c1-3-4-5-6-23-7-9-24(10-8-23)25-11-13-26(14-12-25)27-15-17-28(18-16-27)29-19-21-30(31-2)22-20-29/h13,15-18,23-25,29-31H,3-12,14,19-22H2,1-2H3. The third-order valence-corrected chi connectivity index (χ3v) is 9.11. The molecule has 31 heavy (non-hydrogen) atoms. The Kier molecular flexibility index (Phi) is 8.71. The van der Waals surface area contributed by atoms with Gasteiger partial charge in [-0.1, -0.05) is 75.8 Å². The molecule has 2 fully saturated rings. The second-order valence-electron chi connectivity index (χ2n) is 11.0. The van der Waals surface area contributed by atoms with E-state index in [1.807, 2.05) is 0 Å². The Hall–Kier alpha value is -1.08. The van der Waals surface area contributed by atoms with Crippen LogP contribution in [0.15, 0.2) is 30.3 Å².